The van der Waals surface area contributed by atoms with Crippen LogP contribution in [0.25, 0.3) is 10.9 Å². The number of benzene rings is 1. The molecule has 0 bridgehead atoms. The highest BCUT2D eigenvalue weighted by atomic mass is 19.1. The molecule has 3 rings (SSSR count). The lowest BCUT2D eigenvalue weighted by Gasteiger charge is -2.26. The minimum Gasteiger partial charge on any atom is -0.349 e. The van der Waals surface area contributed by atoms with Crippen LogP contribution in [0, 0.1) is 11.7 Å². The van der Waals surface area contributed by atoms with E-state index in [2.05, 4.69) is 17.2 Å². The Morgan fingerprint density at radius 2 is 2.05 bits per heavy atom. The van der Waals surface area contributed by atoms with Crippen LogP contribution in [-0.4, -0.2) is 16.9 Å². The summed E-state index contributed by atoms with van der Waals surface area (Å²) in [5.41, 5.74) is 0.990. The van der Waals surface area contributed by atoms with Gasteiger partial charge in [0.1, 0.15) is 5.82 Å². The highest BCUT2D eigenvalue weighted by Crippen LogP contribution is 2.24. The number of hydrogen-bond acceptors (Lipinski definition) is 2. The van der Waals surface area contributed by atoms with Crippen LogP contribution in [0.2, 0.25) is 0 Å². The molecule has 0 aliphatic heterocycles. The van der Waals surface area contributed by atoms with Gasteiger partial charge in [-0.2, -0.15) is 0 Å². The molecule has 4 heteroatoms. The number of fused-ring (bicyclic) bond motifs is 1. The molecule has 1 N–H and O–H groups in total. The topological polar surface area (TPSA) is 42.0 Å². The fourth-order valence-electron chi connectivity index (χ4n) is 2.91. The van der Waals surface area contributed by atoms with Crippen molar-refractivity contribution in [3.05, 3.63) is 41.8 Å². The summed E-state index contributed by atoms with van der Waals surface area (Å²) in [6.45, 7) is 2.24. The SMILES string of the molecule is CC1CCC(NC(=O)c2cnc3cccc(F)c3c2)CC1. The van der Waals surface area contributed by atoms with E-state index in [4.69, 9.17) is 0 Å². The first-order chi connectivity index (χ1) is 10.1. The van der Waals surface area contributed by atoms with Crippen LogP contribution in [-0.2, 0) is 0 Å². The Labute approximate surface area is 123 Å². The third kappa shape index (κ3) is 3.04. The highest BCUT2D eigenvalue weighted by molar-refractivity contribution is 5.97. The molecule has 0 radical (unpaired) electrons. The maximum Gasteiger partial charge on any atom is 0.253 e. The van der Waals surface area contributed by atoms with Crippen LogP contribution in [0.5, 0.6) is 0 Å². The predicted molar refractivity (Wildman–Crippen MR) is 80.6 cm³/mol. The molecular formula is C17H19FN2O. The molecular weight excluding hydrogens is 267 g/mol. The molecule has 1 fully saturated rings. The molecule has 3 nitrogen and oxygen atoms in total. The Kier molecular flexibility index (Phi) is 3.86. The second-order valence-electron chi connectivity index (χ2n) is 5.96. The van der Waals surface area contributed by atoms with E-state index in [1.807, 2.05) is 0 Å². The van der Waals surface area contributed by atoms with Gasteiger partial charge in [-0.25, -0.2) is 4.39 Å². The molecule has 1 amide bonds. The van der Waals surface area contributed by atoms with Gasteiger partial charge in [0.2, 0.25) is 0 Å². The highest BCUT2D eigenvalue weighted by Gasteiger charge is 2.20. The van der Waals surface area contributed by atoms with Crippen LogP contribution in [0.4, 0.5) is 4.39 Å². The number of carbonyl (C=O) groups is 1. The van der Waals surface area contributed by atoms with Crippen molar-refractivity contribution >= 4 is 16.8 Å². The average molecular weight is 286 g/mol. The Balaban J connectivity index is 1.77. The number of hydrogen-bond donors (Lipinski definition) is 1. The van der Waals surface area contributed by atoms with Gasteiger partial charge >= 0.3 is 0 Å². The number of carbonyl (C=O) groups excluding carboxylic acids is 1. The Hall–Kier alpha value is -1.97. The van der Waals surface area contributed by atoms with Gasteiger partial charge in [-0.05, 0) is 49.8 Å². The van der Waals surface area contributed by atoms with Crippen LogP contribution in [0.3, 0.4) is 0 Å². The lowest BCUT2D eigenvalue weighted by Crippen LogP contribution is -2.37. The van der Waals surface area contributed by atoms with Gasteiger partial charge in [0, 0.05) is 17.6 Å². The van der Waals surface area contributed by atoms with Crippen molar-refractivity contribution in [2.45, 2.75) is 38.6 Å². The van der Waals surface area contributed by atoms with Gasteiger partial charge < -0.3 is 5.32 Å². The van der Waals surface area contributed by atoms with Crippen molar-refractivity contribution in [2.75, 3.05) is 0 Å². The first-order valence-corrected chi connectivity index (χ1v) is 7.48. The predicted octanol–water partition coefficient (Wildman–Crippen LogP) is 3.68. The van der Waals surface area contributed by atoms with E-state index in [1.165, 1.54) is 12.3 Å². The van der Waals surface area contributed by atoms with Gasteiger partial charge in [-0.3, -0.25) is 9.78 Å². The summed E-state index contributed by atoms with van der Waals surface area (Å²) in [6.07, 6.45) is 5.85. The zero-order chi connectivity index (χ0) is 14.8. The summed E-state index contributed by atoms with van der Waals surface area (Å²) in [7, 11) is 0. The quantitative estimate of drug-likeness (QED) is 0.915. The van der Waals surface area contributed by atoms with E-state index < -0.39 is 0 Å². The lowest BCUT2D eigenvalue weighted by atomic mass is 9.87. The Morgan fingerprint density at radius 1 is 1.29 bits per heavy atom. The molecule has 2 aromatic rings. The minimum absolute atomic E-state index is 0.160. The van der Waals surface area contributed by atoms with Crippen molar-refractivity contribution in [3.63, 3.8) is 0 Å². The average Bonchev–Trinajstić information content (AvgIpc) is 2.50. The number of nitrogens with zero attached hydrogens (tertiary/aromatic N) is 1. The summed E-state index contributed by atoms with van der Waals surface area (Å²) in [5.74, 6) is 0.239. The molecule has 1 aliphatic carbocycles. The third-order valence-corrected chi connectivity index (χ3v) is 4.29. The van der Waals surface area contributed by atoms with E-state index in [9.17, 15) is 9.18 Å². The molecule has 0 saturated heterocycles. The summed E-state index contributed by atoms with van der Waals surface area (Å²) >= 11 is 0. The molecule has 110 valence electrons. The fourth-order valence-corrected chi connectivity index (χ4v) is 2.91. The Bertz CT molecular complexity index is 663. The normalized spacial score (nSPS) is 22.2. The van der Waals surface area contributed by atoms with Crippen LogP contribution in [0.15, 0.2) is 30.5 Å². The Morgan fingerprint density at radius 3 is 2.81 bits per heavy atom. The van der Waals surface area contributed by atoms with Crippen molar-refractivity contribution in [1.82, 2.24) is 10.3 Å². The van der Waals surface area contributed by atoms with Crippen LogP contribution < -0.4 is 5.32 Å². The van der Waals surface area contributed by atoms with E-state index in [-0.39, 0.29) is 17.8 Å². The number of pyridine rings is 1. The second-order valence-corrected chi connectivity index (χ2v) is 5.96. The molecule has 1 aromatic carbocycles. The molecule has 0 atom stereocenters. The summed E-state index contributed by atoms with van der Waals surface area (Å²) in [5, 5.41) is 3.43. The number of rotatable bonds is 2. The molecule has 21 heavy (non-hydrogen) atoms. The van der Waals surface area contributed by atoms with E-state index in [0.29, 0.717) is 16.5 Å². The second kappa shape index (κ2) is 5.80. The molecule has 0 unspecified atom stereocenters. The van der Waals surface area contributed by atoms with Crippen molar-refractivity contribution in [3.8, 4) is 0 Å². The van der Waals surface area contributed by atoms with Crippen LogP contribution in [0.1, 0.15) is 43.0 Å². The van der Waals surface area contributed by atoms with Gasteiger partial charge in [0.15, 0.2) is 0 Å². The number of nitrogens with one attached hydrogen (secondary N) is 1. The first kappa shape index (κ1) is 14.0. The van der Waals surface area contributed by atoms with Crippen molar-refractivity contribution < 1.29 is 9.18 Å². The first-order valence-electron chi connectivity index (χ1n) is 7.48. The third-order valence-electron chi connectivity index (χ3n) is 4.29. The maximum atomic E-state index is 13.8. The summed E-state index contributed by atoms with van der Waals surface area (Å²) in [4.78, 5) is 16.4. The van der Waals surface area contributed by atoms with E-state index in [1.54, 1.807) is 18.2 Å². The zero-order valence-corrected chi connectivity index (χ0v) is 12.1. The molecule has 1 aliphatic rings. The fraction of sp³-hybridized carbons (Fsp3) is 0.412. The van der Waals surface area contributed by atoms with Crippen molar-refractivity contribution in [1.29, 1.82) is 0 Å². The molecule has 1 saturated carbocycles. The molecule has 0 spiro atoms. The van der Waals surface area contributed by atoms with E-state index >= 15 is 0 Å². The molecule has 1 heterocycles. The zero-order valence-electron chi connectivity index (χ0n) is 12.1. The van der Waals surface area contributed by atoms with Crippen LogP contribution >= 0.6 is 0 Å². The van der Waals surface area contributed by atoms with E-state index in [0.717, 1.165) is 31.6 Å². The van der Waals surface area contributed by atoms with Crippen molar-refractivity contribution in [2.24, 2.45) is 5.92 Å². The minimum atomic E-state index is -0.346. The summed E-state index contributed by atoms with van der Waals surface area (Å²) in [6, 6.07) is 6.55. The van der Waals surface area contributed by atoms with Gasteiger partial charge in [-0.1, -0.05) is 13.0 Å². The number of halogens is 1. The number of aromatic nitrogens is 1. The standard InChI is InChI=1S/C17H19FN2O/c1-11-5-7-13(8-6-11)20-17(21)12-9-14-15(18)3-2-4-16(14)19-10-12/h2-4,9-11,13H,5-8H2,1H3,(H,20,21). The monoisotopic (exact) mass is 286 g/mol. The van der Waals surface area contributed by atoms with Gasteiger partial charge in [0.05, 0.1) is 11.1 Å². The molecule has 1 aromatic heterocycles. The maximum absolute atomic E-state index is 13.8. The van der Waals surface area contributed by atoms with Gasteiger partial charge in [-0.15, -0.1) is 0 Å². The smallest absolute Gasteiger partial charge is 0.253 e. The number of amides is 1. The van der Waals surface area contributed by atoms with Gasteiger partial charge in [0.25, 0.3) is 5.91 Å². The summed E-state index contributed by atoms with van der Waals surface area (Å²) < 4.78 is 13.8. The largest absolute Gasteiger partial charge is 0.349 e. The lowest BCUT2D eigenvalue weighted by molar-refractivity contribution is 0.0923.